The molecule has 0 saturated heterocycles. The quantitative estimate of drug-likeness (QED) is 0.775. The molecule has 16 heavy (non-hydrogen) atoms. The Morgan fingerprint density at radius 1 is 1.38 bits per heavy atom. The molecule has 4 nitrogen and oxygen atoms in total. The number of aromatic nitrogens is 2. The van der Waals surface area contributed by atoms with Gasteiger partial charge >= 0.3 is 0 Å². The number of hydrogen-bond donors (Lipinski definition) is 1. The Balaban J connectivity index is 2.48. The predicted octanol–water partition coefficient (Wildman–Crippen LogP) is 3.00. The minimum absolute atomic E-state index is 0.212. The maximum Gasteiger partial charge on any atom is 0.223 e. The maximum absolute atomic E-state index is 5.01. The maximum atomic E-state index is 5.01. The van der Waals surface area contributed by atoms with Crippen LogP contribution in [0.25, 0.3) is 0 Å². The molecule has 2 unspecified atom stereocenters. The lowest BCUT2D eigenvalue weighted by Gasteiger charge is -2.19. The first kappa shape index (κ1) is 13.2. The van der Waals surface area contributed by atoms with Gasteiger partial charge in [0.15, 0.2) is 5.82 Å². The molecule has 1 heterocycles. The first-order valence-corrected chi connectivity index (χ1v) is 6.23. The predicted molar refractivity (Wildman–Crippen MR) is 64.2 cm³/mol. The van der Waals surface area contributed by atoms with Gasteiger partial charge in [-0.05, 0) is 19.8 Å². The molecule has 1 aromatic rings. The van der Waals surface area contributed by atoms with Gasteiger partial charge in [0.25, 0.3) is 0 Å². The highest BCUT2D eigenvalue weighted by atomic mass is 16.5. The summed E-state index contributed by atoms with van der Waals surface area (Å²) in [6, 6.07) is 0.716. The molecule has 92 valence electrons. The van der Waals surface area contributed by atoms with Crippen molar-refractivity contribution in [1.29, 1.82) is 0 Å². The summed E-state index contributed by atoms with van der Waals surface area (Å²) in [4.78, 5) is 4.27. The Kier molecular flexibility index (Phi) is 5.46. The van der Waals surface area contributed by atoms with Crippen molar-refractivity contribution in [2.24, 2.45) is 0 Å². The smallest absolute Gasteiger partial charge is 0.223 e. The van der Waals surface area contributed by atoms with E-state index >= 15 is 0 Å². The van der Waals surface area contributed by atoms with E-state index in [1.165, 1.54) is 19.3 Å². The second-order valence-corrected chi connectivity index (χ2v) is 4.34. The highest BCUT2D eigenvalue weighted by Crippen LogP contribution is 2.15. The van der Waals surface area contributed by atoms with E-state index in [2.05, 4.69) is 36.2 Å². The number of unbranched alkanes of at least 4 members (excludes halogenated alkanes) is 1. The van der Waals surface area contributed by atoms with E-state index in [1.54, 1.807) is 0 Å². The van der Waals surface area contributed by atoms with Crippen molar-refractivity contribution in [3.63, 3.8) is 0 Å². The van der Waals surface area contributed by atoms with Gasteiger partial charge in [0.05, 0.1) is 6.04 Å². The zero-order chi connectivity index (χ0) is 12.0. The highest BCUT2D eigenvalue weighted by Gasteiger charge is 2.17. The van der Waals surface area contributed by atoms with Gasteiger partial charge in [0.1, 0.15) is 0 Å². The number of nitrogens with zero attached hydrogens (tertiary/aromatic N) is 2. The molecule has 0 amide bonds. The summed E-state index contributed by atoms with van der Waals surface area (Å²) < 4.78 is 5.01. The summed E-state index contributed by atoms with van der Waals surface area (Å²) in [5.41, 5.74) is 0. The first-order chi connectivity index (χ1) is 7.67. The Labute approximate surface area is 97.8 Å². The number of rotatable bonds is 7. The Bertz CT molecular complexity index is 298. The van der Waals surface area contributed by atoms with Crippen molar-refractivity contribution >= 4 is 0 Å². The molecular formula is C12H23N3O. The summed E-state index contributed by atoms with van der Waals surface area (Å²) in [6.45, 7) is 8.39. The minimum atomic E-state index is 0.212. The van der Waals surface area contributed by atoms with Crippen LogP contribution in [0.4, 0.5) is 0 Å². The van der Waals surface area contributed by atoms with Crippen molar-refractivity contribution in [2.75, 3.05) is 0 Å². The molecule has 1 aromatic heterocycles. The van der Waals surface area contributed by atoms with Gasteiger partial charge in [0, 0.05) is 13.0 Å². The third-order valence-electron chi connectivity index (χ3n) is 2.74. The zero-order valence-corrected chi connectivity index (χ0v) is 10.8. The summed E-state index contributed by atoms with van der Waals surface area (Å²) in [5, 5.41) is 7.52. The van der Waals surface area contributed by atoms with Crippen molar-refractivity contribution in [3.05, 3.63) is 11.7 Å². The molecule has 0 saturated carbocycles. The lowest BCUT2D eigenvalue weighted by molar-refractivity contribution is 0.361. The molecule has 0 aromatic carbocycles. The summed E-state index contributed by atoms with van der Waals surface area (Å²) in [7, 11) is 0. The average Bonchev–Trinajstić information content (AvgIpc) is 2.69. The van der Waals surface area contributed by atoms with Gasteiger partial charge in [0.2, 0.25) is 5.89 Å². The highest BCUT2D eigenvalue weighted by molar-refractivity contribution is 4.93. The summed E-state index contributed by atoms with van der Waals surface area (Å²) >= 11 is 0. The Hall–Kier alpha value is -0.900. The van der Waals surface area contributed by atoms with Gasteiger partial charge in [-0.2, -0.15) is 4.98 Å². The summed E-state index contributed by atoms with van der Waals surface area (Å²) in [5.74, 6) is 1.42. The number of nitrogens with one attached hydrogen (secondary N) is 1. The molecule has 0 bridgehead atoms. The topological polar surface area (TPSA) is 51.0 Å². The van der Waals surface area contributed by atoms with E-state index in [1.807, 2.05) is 6.92 Å². The van der Waals surface area contributed by atoms with Crippen LogP contribution < -0.4 is 5.32 Å². The van der Waals surface area contributed by atoms with Crippen molar-refractivity contribution < 1.29 is 4.52 Å². The van der Waals surface area contributed by atoms with Gasteiger partial charge < -0.3 is 9.84 Å². The minimum Gasteiger partial charge on any atom is -0.340 e. The standard InChI is InChI=1S/C12H23N3O/c1-5-7-8-9(3)13-11(6-2)12-14-10(4)16-15-12/h9,11,13H,5-8H2,1-4H3. The molecule has 1 rings (SSSR count). The van der Waals surface area contributed by atoms with Crippen LogP contribution in [-0.4, -0.2) is 16.2 Å². The van der Waals surface area contributed by atoms with E-state index < -0.39 is 0 Å². The lowest BCUT2D eigenvalue weighted by Crippen LogP contribution is -2.30. The van der Waals surface area contributed by atoms with Crippen molar-refractivity contribution in [1.82, 2.24) is 15.5 Å². The van der Waals surface area contributed by atoms with Crippen LogP contribution in [0.1, 0.15) is 64.2 Å². The van der Waals surface area contributed by atoms with Crippen LogP contribution in [0.3, 0.4) is 0 Å². The second kappa shape index (κ2) is 6.63. The van der Waals surface area contributed by atoms with Crippen LogP contribution in [0.5, 0.6) is 0 Å². The lowest BCUT2D eigenvalue weighted by atomic mass is 10.1. The summed E-state index contributed by atoms with van der Waals surface area (Å²) in [6.07, 6.45) is 4.68. The Morgan fingerprint density at radius 3 is 2.62 bits per heavy atom. The molecule has 0 spiro atoms. The molecule has 4 heteroatoms. The molecule has 0 aliphatic carbocycles. The molecule has 1 N–H and O–H groups in total. The van der Waals surface area contributed by atoms with Crippen LogP contribution in [0.15, 0.2) is 4.52 Å². The molecule has 0 aliphatic rings. The van der Waals surface area contributed by atoms with E-state index in [0.29, 0.717) is 11.9 Å². The van der Waals surface area contributed by atoms with Crippen LogP contribution in [0, 0.1) is 6.92 Å². The van der Waals surface area contributed by atoms with Gasteiger partial charge in [-0.1, -0.05) is 31.8 Å². The molecule has 0 aliphatic heterocycles. The largest absolute Gasteiger partial charge is 0.340 e. The van der Waals surface area contributed by atoms with Gasteiger partial charge in [-0.25, -0.2) is 0 Å². The molecule has 0 radical (unpaired) electrons. The Morgan fingerprint density at radius 2 is 2.12 bits per heavy atom. The third-order valence-corrected chi connectivity index (χ3v) is 2.74. The van der Waals surface area contributed by atoms with Gasteiger partial charge in [-0.3, -0.25) is 0 Å². The molecule has 2 atom stereocenters. The van der Waals surface area contributed by atoms with E-state index in [4.69, 9.17) is 4.52 Å². The van der Waals surface area contributed by atoms with E-state index in [-0.39, 0.29) is 6.04 Å². The fraction of sp³-hybridized carbons (Fsp3) is 0.833. The SMILES string of the molecule is CCCCC(C)NC(CC)c1noc(C)n1. The number of aryl methyl sites for hydroxylation is 1. The average molecular weight is 225 g/mol. The van der Waals surface area contributed by atoms with E-state index in [0.717, 1.165) is 12.2 Å². The number of hydrogen-bond acceptors (Lipinski definition) is 4. The second-order valence-electron chi connectivity index (χ2n) is 4.34. The van der Waals surface area contributed by atoms with E-state index in [9.17, 15) is 0 Å². The van der Waals surface area contributed by atoms with Gasteiger partial charge in [-0.15, -0.1) is 0 Å². The fourth-order valence-corrected chi connectivity index (χ4v) is 1.77. The van der Waals surface area contributed by atoms with Crippen molar-refractivity contribution in [2.45, 2.75) is 65.5 Å². The monoisotopic (exact) mass is 225 g/mol. The third kappa shape index (κ3) is 3.93. The van der Waals surface area contributed by atoms with Crippen LogP contribution in [0.2, 0.25) is 0 Å². The molecular weight excluding hydrogens is 202 g/mol. The molecule has 0 fully saturated rings. The normalized spacial score (nSPS) is 15.0. The fourth-order valence-electron chi connectivity index (χ4n) is 1.77. The first-order valence-electron chi connectivity index (χ1n) is 6.23. The zero-order valence-electron chi connectivity index (χ0n) is 10.8. The van der Waals surface area contributed by atoms with Crippen LogP contribution >= 0.6 is 0 Å². The van der Waals surface area contributed by atoms with Crippen molar-refractivity contribution in [3.8, 4) is 0 Å². The van der Waals surface area contributed by atoms with Crippen LogP contribution in [-0.2, 0) is 0 Å².